The van der Waals surface area contributed by atoms with Crippen LogP contribution >= 0.6 is 34.8 Å². The average Bonchev–Trinajstić information content (AvgIpc) is 3.36. The Kier molecular flexibility index (Phi) is 5.59. The maximum Gasteiger partial charge on any atom is 0.293 e. The van der Waals surface area contributed by atoms with E-state index < -0.39 is 6.04 Å². The van der Waals surface area contributed by atoms with Crippen LogP contribution in [0.3, 0.4) is 0 Å². The molecule has 1 saturated heterocycles. The normalized spacial score (nSPS) is 18.4. The van der Waals surface area contributed by atoms with Crippen molar-refractivity contribution in [2.75, 3.05) is 13.1 Å². The van der Waals surface area contributed by atoms with E-state index in [1.807, 2.05) is 4.90 Å². The summed E-state index contributed by atoms with van der Waals surface area (Å²) >= 11 is 18.4. The van der Waals surface area contributed by atoms with Crippen molar-refractivity contribution in [2.45, 2.75) is 38.3 Å². The molecule has 2 aromatic rings. The van der Waals surface area contributed by atoms with Crippen LogP contribution in [0.4, 0.5) is 0 Å². The van der Waals surface area contributed by atoms with Crippen molar-refractivity contribution in [3.05, 3.63) is 60.9 Å². The second kappa shape index (κ2) is 7.97. The molecule has 1 aromatic carbocycles. The first-order valence-electron chi connectivity index (χ1n) is 9.25. The van der Waals surface area contributed by atoms with Gasteiger partial charge in [0.05, 0.1) is 15.1 Å². The van der Waals surface area contributed by atoms with Gasteiger partial charge in [-0.3, -0.25) is 14.2 Å². The number of nitrogens with zero attached hydrogens (tertiary/aromatic N) is 2. The SMILES string of the molecule is O=C([C@@H]1CCc2c(Cl)cc(OCc3ccc(Cl)c(Cl)c3)c(=O)n21)N1CCCC1. The highest BCUT2D eigenvalue weighted by Crippen LogP contribution is 2.33. The molecular formula is C20H19Cl3N2O3. The van der Waals surface area contributed by atoms with Crippen LogP contribution in [0.25, 0.3) is 0 Å². The van der Waals surface area contributed by atoms with Gasteiger partial charge >= 0.3 is 0 Å². The first-order chi connectivity index (χ1) is 13.5. The maximum atomic E-state index is 13.0. The third-order valence-electron chi connectivity index (χ3n) is 5.30. The average molecular weight is 442 g/mol. The molecule has 3 heterocycles. The number of hydrogen-bond acceptors (Lipinski definition) is 3. The van der Waals surface area contributed by atoms with Crippen molar-refractivity contribution < 1.29 is 9.53 Å². The van der Waals surface area contributed by atoms with Crippen molar-refractivity contribution in [1.82, 2.24) is 9.47 Å². The Morgan fingerprint density at radius 3 is 2.54 bits per heavy atom. The Labute approximate surface area is 177 Å². The number of carbonyl (C=O) groups is 1. The van der Waals surface area contributed by atoms with Gasteiger partial charge < -0.3 is 9.64 Å². The molecule has 0 radical (unpaired) electrons. The van der Waals surface area contributed by atoms with E-state index in [-0.39, 0.29) is 23.8 Å². The van der Waals surface area contributed by atoms with Gasteiger partial charge in [0.15, 0.2) is 5.75 Å². The molecule has 0 bridgehead atoms. The van der Waals surface area contributed by atoms with E-state index in [1.54, 1.807) is 18.2 Å². The molecule has 0 N–H and O–H groups in total. The number of carbonyl (C=O) groups excluding carboxylic acids is 1. The molecular weight excluding hydrogens is 423 g/mol. The van der Waals surface area contributed by atoms with E-state index in [0.29, 0.717) is 33.6 Å². The number of aromatic nitrogens is 1. The zero-order chi connectivity index (χ0) is 19.8. The van der Waals surface area contributed by atoms with Gasteiger partial charge in [0.25, 0.3) is 5.56 Å². The number of ether oxygens (including phenoxy) is 1. The lowest BCUT2D eigenvalue weighted by Crippen LogP contribution is -2.37. The van der Waals surface area contributed by atoms with Gasteiger partial charge in [0.1, 0.15) is 12.6 Å². The zero-order valence-corrected chi connectivity index (χ0v) is 17.4. The quantitative estimate of drug-likeness (QED) is 0.702. The lowest BCUT2D eigenvalue weighted by Gasteiger charge is -2.22. The Balaban J connectivity index is 1.61. The lowest BCUT2D eigenvalue weighted by molar-refractivity contribution is -0.133. The predicted octanol–water partition coefficient (Wildman–Crippen LogP) is 4.50. The number of benzene rings is 1. The smallest absolute Gasteiger partial charge is 0.293 e. The molecule has 28 heavy (non-hydrogen) atoms. The molecule has 0 unspecified atom stereocenters. The molecule has 8 heteroatoms. The fourth-order valence-corrected chi connectivity index (χ4v) is 4.47. The van der Waals surface area contributed by atoms with E-state index in [9.17, 15) is 9.59 Å². The predicted molar refractivity (Wildman–Crippen MR) is 110 cm³/mol. The minimum Gasteiger partial charge on any atom is -0.483 e. The van der Waals surface area contributed by atoms with Crippen LogP contribution in [0.2, 0.25) is 15.1 Å². The molecule has 1 aromatic heterocycles. The van der Waals surface area contributed by atoms with Gasteiger partial charge in [-0.25, -0.2) is 0 Å². The number of pyridine rings is 1. The molecule has 5 nitrogen and oxygen atoms in total. The van der Waals surface area contributed by atoms with Crippen molar-refractivity contribution in [3.8, 4) is 5.75 Å². The summed E-state index contributed by atoms with van der Waals surface area (Å²) in [5.74, 6) is 0.122. The van der Waals surface area contributed by atoms with E-state index in [4.69, 9.17) is 39.5 Å². The number of hydrogen-bond donors (Lipinski definition) is 0. The standard InChI is InChI=1S/C20H19Cl3N2O3/c21-13-4-3-12(9-14(13)22)11-28-18-10-15(23)16-5-6-17(25(16)20(18)27)19(26)24-7-1-2-8-24/h3-4,9-10,17H,1-2,5-8,11H2/t17-/m0/s1. The third kappa shape index (κ3) is 3.63. The van der Waals surface area contributed by atoms with E-state index in [0.717, 1.165) is 31.5 Å². The number of likely N-dealkylation sites (tertiary alicyclic amines) is 1. The summed E-state index contributed by atoms with van der Waals surface area (Å²) in [6, 6.07) is 6.18. The summed E-state index contributed by atoms with van der Waals surface area (Å²) in [5, 5.41) is 1.32. The Bertz CT molecular complexity index is 983. The van der Waals surface area contributed by atoms with Gasteiger partial charge in [0.2, 0.25) is 5.91 Å². The first kappa shape index (κ1) is 19.6. The Hall–Kier alpha value is -1.69. The Morgan fingerprint density at radius 2 is 1.82 bits per heavy atom. The monoisotopic (exact) mass is 440 g/mol. The third-order valence-corrected chi connectivity index (χ3v) is 6.37. The zero-order valence-electron chi connectivity index (χ0n) is 15.1. The van der Waals surface area contributed by atoms with Crippen molar-refractivity contribution in [2.24, 2.45) is 0 Å². The molecule has 1 amide bonds. The minimum atomic E-state index is -0.508. The van der Waals surface area contributed by atoms with Gasteiger partial charge in [-0.2, -0.15) is 0 Å². The molecule has 1 fully saturated rings. The van der Waals surface area contributed by atoms with Crippen molar-refractivity contribution in [1.29, 1.82) is 0 Å². The summed E-state index contributed by atoms with van der Waals surface area (Å²) in [6.07, 6.45) is 3.20. The van der Waals surface area contributed by atoms with E-state index in [2.05, 4.69) is 0 Å². The summed E-state index contributed by atoms with van der Waals surface area (Å²) in [4.78, 5) is 27.8. The number of halogens is 3. The largest absolute Gasteiger partial charge is 0.483 e. The van der Waals surface area contributed by atoms with Crippen LogP contribution in [-0.2, 0) is 17.8 Å². The summed E-state index contributed by atoms with van der Waals surface area (Å²) in [7, 11) is 0. The summed E-state index contributed by atoms with van der Waals surface area (Å²) in [5.41, 5.74) is 1.15. The second-order valence-corrected chi connectivity index (χ2v) is 8.32. The van der Waals surface area contributed by atoms with Crippen molar-refractivity contribution in [3.63, 3.8) is 0 Å². The molecule has 2 aliphatic rings. The van der Waals surface area contributed by atoms with E-state index >= 15 is 0 Å². The highest BCUT2D eigenvalue weighted by Gasteiger charge is 2.35. The highest BCUT2D eigenvalue weighted by atomic mass is 35.5. The van der Waals surface area contributed by atoms with Crippen LogP contribution in [0.5, 0.6) is 5.75 Å². The molecule has 0 spiro atoms. The van der Waals surface area contributed by atoms with Gasteiger partial charge in [-0.1, -0.05) is 40.9 Å². The number of amides is 1. The van der Waals surface area contributed by atoms with Crippen LogP contribution in [-0.4, -0.2) is 28.5 Å². The fourth-order valence-electron chi connectivity index (χ4n) is 3.86. The lowest BCUT2D eigenvalue weighted by atomic mass is 10.2. The minimum absolute atomic E-state index is 0.00366. The van der Waals surface area contributed by atoms with Gasteiger partial charge in [-0.15, -0.1) is 0 Å². The molecule has 0 saturated carbocycles. The molecule has 1 atom stereocenters. The summed E-state index contributed by atoms with van der Waals surface area (Å²) in [6.45, 7) is 1.65. The van der Waals surface area contributed by atoms with Crippen LogP contribution in [0.1, 0.15) is 36.6 Å². The highest BCUT2D eigenvalue weighted by molar-refractivity contribution is 6.42. The number of rotatable bonds is 4. The Morgan fingerprint density at radius 1 is 1.07 bits per heavy atom. The van der Waals surface area contributed by atoms with Crippen LogP contribution in [0, 0.1) is 0 Å². The van der Waals surface area contributed by atoms with Crippen LogP contribution in [0.15, 0.2) is 29.1 Å². The second-order valence-electron chi connectivity index (χ2n) is 7.10. The molecule has 2 aliphatic heterocycles. The summed E-state index contributed by atoms with van der Waals surface area (Å²) < 4.78 is 7.25. The van der Waals surface area contributed by atoms with Gasteiger partial charge in [-0.05, 0) is 43.4 Å². The first-order valence-corrected chi connectivity index (χ1v) is 10.4. The van der Waals surface area contributed by atoms with E-state index in [1.165, 1.54) is 10.6 Å². The van der Waals surface area contributed by atoms with Gasteiger partial charge in [0, 0.05) is 24.8 Å². The fraction of sp³-hybridized carbons (Fsp3) is 0.400. The van der Waals surface area contributed by atoms with Crippen LogP contribution < -0.4 is 10.3 Å². The maximum absolute atomic E-state index is 13.0. The van der Waals surface area contributed by atoms with Crippen molar-refractivity contribution >= 4 is 40.7 Å². The molecule has 148 valence electrons. The molecule has 4 rings (SSSR count). The molecule has 0 aliphatic carbocycles. The number of fused-ring (bicyclic) bond motifs is 1. The topological polar surface area (TPSA) is 51.5 Å².